The molecule has 1 aromatic heterocycles. The zero-order chi connectivity index (χ0) is 20.3. The number of aryl methyl sites for hydroxylation is 2. The van der Waals surface area contributed by atoms with E-state index < -0.39 is 0 Å². The minimum atomic E-state index is -0.296. The van der Waals surface area contributed by atoms with E-state index in [4.69, 9.17) is 4.74 Å². The molecule has 144 valence electrons. The first kappa shape index (κ1) is 20.3. The van der Waals surface area contributed by atoms with Crippen molar-refractivity contribution < 1.29 is 9.53 Å². The van der Waals surface area contributed by atoms with Crippen molar-refractivity contribution in [1.82, 2.24) is 4.57 Å². The molecule has 0 N–H and O–H groups in total. The fraction of sp³-hybridized carbons (Fsp3) is 0.217. The summed E-state index contributed by atoms with van der Waals surface area (Å²) in [5.41, 5.74) is 7.03. The van der Waals surface area contributed by atoms with E-state index in [0.717, 1.165) is 28.3 Å². The Morgan fingerprint density at radius 2 is 1.82 bits per heavy atom. The number of ether oxygens (including phenoxy) is 1. The highest BCUT2D eigenvalue weighted by Crippen LogP contribution is 2.23. The lowest BCUT2D eigenvalue weighted by Gasteiger charge is -2.10. The third kappa shape index (κ3) is 4.35. The van der Waals surface area contributed by atoms with Gasteiger partial charge in [-0.3, -0.25) is 4.99 Å². The Bertz CT molecular complexity index is 1030. The van der Waals surface area contributed by atoms with E-state index in [9.17, 15) is 4.79 Å². The van der Waals surface area contributed by atoms with Gasteiger partial charge in [0.2, 0.25) is 0 Å². The summed E-state index contributed by atoms with van der Waals surface area (Å²) in [5.74, 6) is -0.296. The van der Waals surface area contributed by atoms with E-state index >= 15 is 0 Å². The fourth-order valence-corrected chi connectivity index (χ4v) is 3.47. The molecule has 0 aliphatic rings. The topological polar surface area (TPSA) is 43.6 Å². The average molecular weight is 486 g/mol. The molecule has 0 saturated carbocycles. The summed E-state index contributed by atoms with van der Waals surface area (Å²) in [7, 11) is 0. The minimum absolute atomic E-state index is 0.296. The highest BCUT2D eigenvalue weighted by Gasteiger charge is 2.11. The van der Waals surface area contributed by atoms with Crippen molar-refractivity contribution in [2.45, 2.75) is 27.7 Å². The first-order valence-corrected chi connectivity index (χ1v) is 10.2. The first-order chi connectivity index (χ1) is 13.4. The van der Waals surface area contributed by atoms with Crippen molar-refractivity contribution in [3.63, 3.8) is 0 Å². The number of aromatic nitrogens is 1. The molecular weight excluding hydrogens is 463 g/mol. The summed E-state index contributed by atoms with van der Waals surface area (Å²) in [6.45, 7) is 8.41. The molecule has 0 bridgehead atoms. The van der Waals surface area contributed by atoms with Crippen LogP contribution in [0.5, 0.6) is 0 Å². The largest absolute Gasteiger partial charge is 0.462 e. The Morgan fingerprint density at radius 3 is 2.46 bits per heavy atom. The van der Waals surface area contributed by atoms with Gasteiger partial charge in [-0.25, -0.2) is 4.79 Å². The summed E-state index contributed by atoms with van der Waals surface area (Å²) >= 11 is 2.33. The Kier molecular flexibility index (Phi) is 6.34. The molecule has 2 aromatic carbocycles. The summed E-state index contributed by atoms with van der Waals surface area (Å²) in [6.07, 6.45) is 1.91. The number of hydrogen-bond acceptors (Lipinski definition) is 3. The smallest absolute Gasteiger partial charge is 0.338 e. The zero-order valence-electron chi connectivity index (χ0n) is 16.5. The van der Waals surface area contributed by atoms with Gasteiger partial charge in [0.15, 0.2) is 0 Å². The monoisotopic (exact) mass is 486 g/mol. The van der Waals surface area contributed by atoms with Crippen LogP contribution in [0.1, 0.15) is 39.8 Å². The maximum absolute atomic E-state index is 11.8. The normalized spacial score (nSPS) is 11.2. The molecule has 28 heavy (non-hydrogen) atoms. The molecule has 0 radical (unpaired) electrons. The van der Waals surface area contributed by atoms with Crippen molar-refractivity contribution in [3.8, 4) is 5.69 Å². The van der Waals surface area contributed by atoms with Gasteiger partial charge in [-0.2, -0.15) is 0 Å². The number of rotatable bonds is 5. The Balaban J connectivity index is 1.88. The lowest BCUT2D eigenvalue weighted by molar-refractivity contribution is 0.0526. The standard InChI is InChI=1S/C23H23IN2O2/c1-5-28-23(27)18-6-9-21(10-7-18)26-16(3)13-19(17(26)4)14-25-20-8-11-22(24)15(2)12-20/h6-14H,5H2,1-4H3. The van der Waals surface area contributed by atoms with Crippen LogP contribution in [0.15, 0.2) is 53.5 Å². The quantitative estimate of drug-likeness (QED) is 0.255. The molecule has 1 heterocycles. The summed E-state index contributed by atoms with van der Waals surface area (Å²) in [4.78, 5) is 16.5. The molecule has 0 spiro atoms. The van der Waals surface area contributed by atoms with Crippen molar-refractivity contribution >= 4 is 40.5 Å². The van der Waals surface area contributed by atoms with Gasteiger partial charge in [-0.15, -0.1) is 0 Å². The fourth-order valence-electron chi connectivity index (χ4n) is 3.13. The number of aliphatic imine (C=N–C) groups is 1. The van der Waals surface area contributed by atoms with Gasteiger partial charge >= 0.3 is 5.97 Å². The van der Waals surface area contributed by atoms with Crippen molar-refractivity contribution in [1.29, 1.82) is 0 Å². The second kappa shape index (κ2) is 8.73. The molecule has 0 amide bonds. The molecule has 5 heteroatoms. The SMILES string of the molecule is CCOC(=O)c1ccc(-n2c(C)cc(C=Nc3ccc(I)c(C)c3)c2C)cc1. The van der Waals surface area contributed by atoms with Gasteiger partial charge in [-0.05, 0) is 104 Å². The molecule has 0 aliphatic heterocycles. The van der Waals surface area contributed by atoms with Crippen LogP contribution >= 0.6 is 22.6 Å². The molecule has 0 atom stereocenters. The minimum Gasteiger partial charge on any atom is -0.462 e. The van der Waals surface area contributed by atoms with Crippen LogP contribution < -0.4 is 0 Å². The van der Waals surface area contributed by atoms with Crippen LogP contribution in [0.3, 0.4) is 0 Å². The average Bonchev–Trinajstić information content (AvgIpc) is 2.96. The summed E-state index contributed by atoms with van der Waals surface area (Å²) < 4.78 is 8.45. The summed E-state index contributed by atoms with van der Waals surface area (Å²) in [5, 5.41) is 0. The Morgan fingerprint density at radius 1 is 1.11 bits per heavy atom. The van der Waals surface area contributed by atoms with Crippen LogP contribution in [0.2, 0.25) is 0 Å². The Hall–Kier alpha value is -2.41. The molecule has 0 aliphatic carbocycles. The van der Waals surface area contributed by atoms with E-state index in [2.05, 4.69) is 71.1 Å². The van der Waals surface area contributed by atoms with Crippen molar-refractivity contribution in [2.75, 3.05) is 6.61 Å². The van der Waals surface area contributed by atoms with Gasteiger partial charge in [-0.1, -0.05) is 0 Å². The van der Waals surface area contributed by atoms with Crippen LogP contribution in [0.25, 0.3) is 5.69 Å². The van der Waals surface area contributed by atoms with E-state index in [0.29, 0.717) is 12.2 Å². The van der Waals surface area contributed by atoms with Gasteiger partial charge in [0.1, 0.15) is 0 Å². The van der Waals surface area contributed by atoms with E-state index in [-0.39, 0.29) is 5.97 Å². The predicted octanol–water partition coefficient (Wildman–Crippen LogP) is 5.93. The lowest BCUT2D eigenvalue weighted by Crippen LogP contribution is -2.05. The van der Waals surface area contributed by atoms with E-state index in [1.807, 2.05) is 24.4 Å². The van der Waals surface area contributed by atoms with Crippen molar-refractivity contribution in [3.05, 3.63) is 80.2 Å². The third-order valence-corrected chi connectivity index (χ3v) is 5.81. The molecule has 3 rings (SSSR count). The Labute approximate surface area is 179 Å². The molecular formula is C23H23IN2O2. The molecule has 0 unspecified atom stereocenters. The maximum Gasteiger partial charge on any atom is 0.338 e. The number of hydrogen-bond donors (Lipinski definition) is 0. The van der Waals surface area contributed by atoms with Crippen LogP contribution in [0.4, 0.5) is 5.69 Å². The van der Waals surface area contributed by atoms with Crippen LogP contribution in [-0.2, 0) is 4.74 Å². The zero-order valence-corrected chi connectivity index (χ0v) is 18.6. The molecule has 0 fully saturated rings. The number of carbonyl (C=O) groups excluding carboxylic acids is 1. The summed E-state index contributed by atoms with van der Waals surface area (Å²) in [6, 6.07) is 15.8. The van der Waals surface area contributed by atoms with Gasteiger partial charge in [0.05, 0.1) is 17.9 Å². The van der Waals surface area contributed by atoms with E-state index in [1.165, 1.54) is 9.13 Å². The van der Waals surface area contributed by atoms with Gasteiger partial charge < -0.3 is 9.30 Å². The van der Waals surface area contributed by atoms with Crippen LogP contribution in [0, 0.1) is 24.3 Å². The number of nitrogens with zero attached hydrogens (tertiary/aromatic N) is 2. The molecule has 3 aromatic rings. The number of esters is 1. The van der Waals surface area contributed by atoms with Gasteiger partial charge in [0.25, 0.3) is 0 Å². The molecule has 0 saturated heterocycles. The highest BCUT2D eigenvalue weighted by molar-refractivity contribution is 14.1. The second-order valence-electron chi connectivity index (χ2n) is 6.62. The second-order valence-corrected chi connectivity index (χ2v) is 7.78. The number of halogens is 1. The van der Waals surface area contributed by atoms with Gasteiger partial charge in [0, 0.05) is 32.4 Å². The van der Waals surface area contributed by atoms with E-state index in [1.54, 1.807) is 19.1 Å². The lowest BCUT2D eigenvalue weighted by atomic mass is 10.2. The number of benzene rings is 2. The van der Waals surface area contributed by atoms with Crippen molar-refractivity contribution in [2.24, 2.45) is 4.99 Å². The van der Waals surface area contributed by atoms with Crippen LogP contribution in [-0.4, -0.2) is 23.4 Å². The highest BCUT2D eigenvalue weighted by atomic mass is 127. The predicted molar refractivity (Wildman–Crippen MR) is 122 cm³/mol. The first-order valence-electron chi connectivity index (χ1n) is 9.17. The maximum atomic E-state index is 11.8. The third-order valence-electron chi connectivity index (χ3n) is 4.60. The molecule has 4 nitrogen and oxygen atoms in total. The number of carbonyl (C=O) groups is 1.